The number of benzene rings is 2. The number of hydrogen-bond acceptors (Lipinski definition) is 9. The highest BCUT2D eigenvalue weighted by molar-refractivity contribution is 7.99. The average Bonchev–Trinajstić information content (AvgIpc) is 3.52. The summed E-state index contributed by atoms with van der Waals surface area (Å²) in [6.45, 7) is 5.87. The second-order valence-electron chi connectivity index (χ2n) is 9.14. The van der Waals surface area contributed by atoms with E-state index < -0.39 is 16.9 Å². The Morgan fingerprint density at radius 1 is 1.15 bits per heavy atom. The molecule has 11 nitrogen and oxygen atoms in total. The van der Waals surface area contributed by atoms with Crippen molar-refractivity contribution in [1.29, 1.82) is 0 Å². The summed E-state index contributed by atoms with van der Waals surface area (Å²) in [6.07, 6.45) is 0. The van der Waals surface area contributed by atoms with Crippen molar-refractivity contribution in [2.75, 3.05) is 11.1 Å². The Morgan fingerprint density at radius 2 is 1.90 bits per heavy atom. The first-order valence-corrected chi connectivity index (χ1v) is 13.9. The van der Waals surface area contributed by atoms with Crippen molar-refractivity contribution >= 4 is 45.7 Å². The van der Waals surface area contributed by atoms with Crippen LogP contribution in [0.25, 0.3) is 11.3 Å². The summed E-state index contributed by atoms with van der Waals surface area (Å²) < 4.78 is 1.73. The van der Waals surface area contributed by atoms with Gasteiger partial charge in [0.25, 0.3) is 11.6 Å². The van der Waals surface area contributed by atoms with Crippen LogP contribution in [0.4, 0.5) is 10.8 Å². The van der Waals surface area contributed by atoms with Gasteiger partial charge in [0.15, 0.2) is 16.1 Å². The Hall–Kier alpha value is -4.10. The molecule has 4 aromatic rings. The van der Waals surface area contributed by atoms with Crippen LogP contribution in [0.2, 0.25) is 0 Å². The van der Waals surface area contributed by atoms with E-state index in [-0.39, 0.29) is 28.8 Å². The number of anilines is 1. The number of nitro groups is 1. The highest BCUT2D eigenvalue weighted by Gasteiger charge is 2.26. The number of carbonyl (C=O) groups excluding carboxylic acids is 2. The van der Waals surface area contributed by atoms with Gasteiger partial charge < -0.3 is 15.2 Å². The lowest BCUT2D eigenvalue weighted by Gasteiger charge is -2.21. The summed E-state index contributed by atoms with van der Waals surface area (Å²) in [6, 6.07) is 13.1. The van der Waals surface area contributed by atoms with Gasteiger partial charge in [0.05, 0.1) is 22.4 Å². The highest BCUT2D eigenvalue weighted by Crippen LogP contribution is 2.27. The Labute approximate surface area is 233 Å². The van der Waals surface area contributed by atoms with Gasteiger partial charge in [-0.1, -0.05) is 61.5 Å². The van der Waals surface area contributed by atoms with Gasteiger partial charge in [0.1, 0.15) is 0 Å². The van der Waals surface area contributed by atoms with Crippen LogP contribution in [0.5, 0.6) is 0 Å². The number of nitro benzene ring substituents is 1. The second kappa shape index (κ2) is 12.2. The predicted octanol–water partition coefficient (Wildman–Crippen LogP) is 5.01. The number of nitrogens with one attached hydrogen (secondary N) is 2. The minimum Gasteiger partial charge on any atom is -0.342 e. The average molecular weight is 566 g/mol. The van der Waals surface area contributed by atoms with Crippen LogP contribution in [0, 0.1) is 23.0 Å². The molecule has 0 aliphatic rings. The zero-order valence-corrected chi connectivity index (χ0v) is 23.4. The zero-order chi connectivity index (χ0) is 28.1. The third kappa shape index (κ3) is 6.86. The number of aryl methyl sites for hydroxylation is 1. The fourth-order valence-corrected chi connectivity index (χ4v) is 5.16. The fourth-order valence-electron chi connectivity index (χ4n) is 3.71. The van der Waals surface area contributed by atoms with E-state index in [0.717, 1.165) is 16.8 Å². The number of non-ortho nitro benzene ring substituents is 1. The lowest BCUT2D eigenvalue weighted by atomic mass is 10.0. The number of thiazole rings is 1. The molecule has 0 saturated carbocycles. The molecule has 39 heavy (non-hydrogen) atoms. The van der Waals surface area contributed by atoms with Gasteiger partial charge in [0.2, 0.25) is 5.91 Å². The lowest BCUT2D eigenvalue weighted by Crippen LogP contribution is -2.33. The third-order valence-electron chi connectivity index (χ3n) is 5.85. The zero-order valence-electron chi connectivity index (χ0n) is 21.7. The highest BCUT2D eigenvalue weighted by atomic mass is 32.2. The van der Waals surface area contributed by atoms with E-state index in [1.807, 2.05) is 50.4 Å². The number of rotatable bonds is 10. The molecule has 0 unspecified atom stereocenters. The van der Waals surface area contributed by atoms with Crippen molar-refractivity contribution in [3.63, 3.8) is 0 Å². The number of hydrogen-bond donors (Lipinski definition) is 2. The molecule has 2 aromatic carbocycles. The van der Waals surface area contributed by atoms with Crippen LogP contribution < -0.4 is 10.6 Å². The molecule has 202 valence electrons. The molecule has 0 saturated heterocycles. The summed E-state index contributed by atoms with van der Waals surface area (Å²) in [5.41, 5.74) is 2.96. The Bertz CT molecular complexity index is 1500. The standard InChI is InChI=1S/C26H27N7O4S2/c1-15(2)22(29-24(35)18-6-5-7-19(12-18)33(36)37)23-30-31-26(32(23)4)39-14-21(34)28-25-27-20(13-38-25)17-10-8-16(3)9-11-17/h5-13,15,22H,14H2,1-4H3,(H,29,35)(H,27,28,34)/t22-/m1/s1. The second-order valence-corrected chi connectivity index (χ2v) is 10.9. The molecular formula is C26H27N7O4S2. The minimum absolute atomic E-state index is 0.0516. The molecule has 2 amide bonds. The monoisotopic (exact) mass is 565 g/mol. The van der Waals surface area contributed by atoms with E-state index in [0.29, 0.717) is 16.1 Å². The maximum absolute atomic E-state index is 12.9. The summed E-state index contributed by atoms with van der Waals surface area (Å²) in [5.74, 6) is -0.132. The van der Waals surface area contributed by atoms with Crippen LogP contribution >= 0.6 is 23.1 Å². The van der Waals surface area contributed by atoms with E-state index >= 15 is 0 Å². The van der Waals surface area contributed by atoms with Crippen LogP contribution in [0.3, 0.4) is 0 Å². The molecule has 2 N–H and O–H groups in total. The van der Waals surface area contributed by atoms with Crippen molar-refractivity contribution in [1.82, 2.24) is 25.1 Å². The number of amides is 2. The predicted molar refractivity (Wildman–Crippen MR) is 151 cm³/mol. The van der Waals surface area contributed by atoms with Crippen LogP contribution in [-0.4, -0.2) is 42.2 Å². The number of carbonyl (C=O) groups is 2. The third-order valence-corrected chi connectivity index (χ3v) is 7.63. The van der Waals surface area contributed by atoms with Crippen molar-refractivity contribution < 1.29 is 14.5 Å². The maximum Gasteiger partial charge on any atom is 0.270 e. The van der Waals surface area contributed by atoms with Crippen molar-refractivity contribution in [3.05, 3.63) is 81.0 Å². The normalized spacial score (nSPS) is 11.8. The molecule has 0 radical (unpaired) electrons. The van der Waals surface area contributed by atoms with E-state index in [1.54, 1.807) is 11.6 Å². The number of thioether (sulfide) groups is 1. The molecule has 0 fully saturated rings. The molecule has 2 aromatic heterocycles. The summed E-state index contributed by atoms with van der Waals surface area (Å²) >= 11 is 2.57. The van der Waals surface area contributed by atoms with Crippen LogP contribution in [-0.2, 0) is 11.8 Å². The molecular weight excluding hydrogens is 538 g/mol. The minimum atomic E-state index is -0.545. The van der Waals surface area contributed by atoms with E-state index in [9.17, 15) is 19.7 Å². The Balaban J connectivity index is 1.38. The Kier molecular flexibility index (Phi) is 8.72. The molecule has 0 aliphatic carbocycles. The molecule has 13 heteroatoms. The lowest BCUT2D eigenvalue weighted by molar-refractivity contribution is -0.384. The van der Waals surface area contributed by atoms with Gasteiger partial charge in [-0.05, 0) is 18.9 Å². The molecule has 1 atom stereocenters. The fraction of sp³-hybridized carbons (Fsp3) is 0.269. The largest absolute Gasteiger partial charge is 0.342 e. The summed E-state index contributed by atoms with van der Waals surface area (Å²) in [5, 5.41) is 28.2. The maximum atomic E-state index is 12.9. The number of nitrogens with zero attached hydrogens (tertiary/aromatic N) is 5. The van der Waals surface area contributed by atoms with Gasteiger partial charge in [0, 0.05) is 35.7 Å². The van der Waals surface area contributed by atoms with E-state index in [4.69, 9.17) is 0 Å². The molecule has 0 bridgehead atoms. The van der Waals surface area contributed by atoms with Gasteiger partial charge in [-0.2, -0.15) is 0 Å². The van der Waals surface area contributed by atoms with Gasteiger partial charge in [-0.25, -0.2) is 4.98 Å². The molecule has 0 spiro atoms. The molecule has 4 rings (SSSR count). The smallest absolute Gasteiger partial charge is 0.270 e. The first-order valence-electron chi connectivity index (χ1n) is 12.0. The summed E-state index contributed by atoms with van der Waals surface area (Å²) in [7, 11) is 1.76. The molecule has 0 aliphatic heterocycles. The summed E-state index contributed by atoms with van der Waals surface area (Å²) in [4.78, 5) is 40.5. The van der Waals surface area contributed by atoms with Gasteiger partial charge >= 0.3 is 0 Å². The van der Waals surface area contributed by atoms with Crippen LogP contribution in [0.15, 0.2) is 59.1 Å². The molecule has 2 heterocycles. The van der Waals surface area contributed by atoms with Gasteiger partial charge in [-0.3, -0.25) is 19.7 Å². The van der Waals surface area contributed by atoms with E-state index in [1.165, 1.54) is 47.4 Å². The topological polar surface area (TPSA) is 145 Å². The Morgan fingerprint density at radius 3 is 2.59 bits per heavy atom. The number of aromatic nitrogens is 4. The quantitative estimate of drug-likeness (QED) is 0.155. The van der Waals surface area contributed by atoms with Crippen LogP contribution in [0.1, 0.15) is 41.6 Å². The first kappa shape index (κ1) is 27.9. The van der Waals surface area contributed by atoms with E-state index in [2.05, 4.69) is 25.8 Å². The first-order chi connectivity index (χ1) is 18.6. The van der Waals surface area contributed by atoms with Crippen molar-refractivity contribution in [2.24, 2.45) is 13.0 Å². The van der Waals surface area contributed by atoms with Crippen molar-refractivity contribution in [2.45, 2.75) is 32.0 Å². The van der Waals surface area contributed by atoms with Gasteiger partial charge in [-0.15, -0.1) is 21.5 Å². The SMILES string of the molecule is Cc1ccc(-c2csc(NC(=O)CSc3nnc([C@H](NC(=O)c4cccc([N+](=O)[O-])c4)C(C)C)n3C)n2)cc1. The van der Waals surface area contributed by atoms with Crippen molar-refractivity contribution in [3.8, 4) is 11.3 Å².